The number of carbonyl (C=O) groups excluding carboxylic acids is 1. The van der Waals surface area contributed by atoms with Crippen molar-refractivity contribution >= 4 is 6.03 Å². The van der Waals surface area contributed by atoms with Gasteiger partial charge in [0, 0.05) is 13.1 Å². The van der Waals surface area contributed by atoms with Crippen molar-refractivity contribution in [3.05, 3.63) is 100 Å². The fraction of sp³-hybridized carbons (Fsp3) is 0.296. The molecular weight excluding hydrogens is 417 g/mol. The molecule has 1 heterocycles. The molecule has 6 heteroatoms. The first kappa shape index (κ1) is 22.8. The predicted molar refractivity (Wildman–Crippen MR) is 127 cm³/mol. The monoisotopic (exact) mass is 447 g/mol. The second-order valence-corrected chi connectivity index (χ2v) is 8.51. The number of benzene rings is 3. The van der Waals surface area contributed by atoms with E-state index in [1.165, 1.54) is 23.3 Å². The van der Waals surface area contributed by atoms with E-state index in [-0.39, 0.29) is 17.9 Å². The van der Waals surface area contributed by atoms with Crippen LogP contribution in [-0.4, -0.2) is 36.1 Å². The number of urea groups is 1. The van der Waals surface area contributed by atoms with Gasteiger partial charge in [-0.3, -0.25) is 5.01 Å². The van der Waals surface area contributed by atoms with Crippen molar-refractivity contribution in [3.8, 4) is 5.75 Å². The van der Waals surface area contributed by atoms with E-state index in [0.717, 1.165) is 28.9 Å². The lowest BCUT2D eigenvalue weighted by Crippen LogP contribution is -2.41. The molecule has 0 aliphatic carbocycles. The highest BCUT2D eigenvalue weighted by Crippen LogP contribution is 2.30. The Morgan fingerprint density at radius 1 is 0.970 bits per heavy atom. The Hall–Kier alpha value is -3.38. The molecule has 2 amide bonds. The maximum Gasteiger partial charge on any atom is 0.335 e. The van der Waals surface area contributed by atoms with Crippen LogP contribution in [0, 0.1) is 19.7 Å². The Morgan fingerprint density at radius 3 is 2.33 bits per heavy atom. The van der Waals surface area contributed by atoms with Gasteiger partial charge in [-0.25, -0.2) is 14.6 Å². The molecule has 0 spiro atoms. The molecule has 0 aromatic heterocycles. The number of hydrazine groups is 1. The molecule has 172 valence electrons. The van der Waals surface area contributed by atoms with Gasteiger partial charge in [-0.1, -0.05) is 42.5 Å². The number of carbonyl (C=O) groups is 1. The third-order valence-electron chi connectivity index (χ3n) is 6.31. The van der Waals surface area contributed by atoms with Gasteiger partial charge in [-0.15, -0.1) is 0 Å². The van der Waals surface area contributed by atoms with Crippen LogP contribution < -0.4 is 10.2 Å². The largest absolute Gasteiger partial charge is 0.497 e. The van der Waals surface area contributed by atoms with Crippen molar-refractivity contribution in [2.75, 3.05) is 20.2 Å². The molecule has 33 heavy (non-hydrogen) atoms. The highest BCUT2D eigenvalue weighted by atomic mass is 19.1. The van der Waals surface area contributed by atoms with Crippen LogP contribution in [0.1, 0.15) is 33.9 Å². The third-order valence-corrected chi connectivity index (χ3v) is 6.31. The fourth-order valence-corrected chi connectivity index (χ4v) is 4.11. The van der Waals surface area contributed by atoms with Gasteiger partial charge in [0.25, 0.3) is 0 Å². The van der Waals surface area contributed by atoms with E-state index in [0.29, 0.717) is 19.6 Å². The minimum absolute atomic E-state index is 0.0456. The molecule has 1 fully saturated rings. The van der Waals surface area contributed by atoms with Crippen LogP contribution >= 0.6 is 0 Å². The van der Waals surface area contributed by atoms with Crippen molar-refractivity contribution in [2.24, 2.45) is 0 Å². The molecule has 1 atom stereocenters. The van der Waals surface area contributed by atoms with Crippen molar-refractivity contribution in [1.82, 2.24) is 15.3 Å². The number of hydrogen-bond donors (Lipinski definition) is 1. The van der Waals surface area contributed by atoms with Crippen LogP contribution in [0.2, 0.25) is 0 Å². The minimum atomic E-state index is -0.268. The number of aryl methyl sites for hydroxylation is 2. The SMILES string of the molecule is COc1ccc(CCN2C(=O)N(NCc3ccc(F)cc3)CC2c2ccc(C)c(C)c2)cc1. The molecule has 1 unspecified atom stereocenters. The Balaban J connectivity index is 1.51. The predicted octanol–water partition coefficient (Wildman–Crippen LogP) is 5.18. The maximum absolute atomic E-state index is 13.3. The highest BCUT2D eigenvalue weighted by Gasteiger charge is 2.38. The number of methoxy groups -OCH3 is 1. The van der Waals surface area contributed by atoms with Crippen LogP contribution in [0.5, 0.6) is 5.75 Å². The summed E-state index contributed by atoms with van der Waals surface area (Å²) in [5.74, 6) is 0.552. The summed E-state index contributed by atoms with van der Waals surface area (Å²) in [6, 6.07) is 20.6. The quantitative estimate of drug-likeness (QED) is 0.518. The average molecular weight is 448 g/mol. The first-order chi connectivity index (χ1) is 15.9. The molecular formula is C27H30FN3O2. The van der Waals surface area contributed by atoms with E-state index in [2.05, 4.69) is 37.5 Å². The summed E-state index contributed by atoms with van der Waals surface area (Å²) in [5.41, 5.74) is 8.89. The molecule has 0 saturated carbocycles. The number of rotatable bonds is 8. The molecule has 1 N–H and O–H groups in total. The number of halogens is 1. The Morgan fingerprint density at radius 2 is 1.67 bits per heavy atom. The zero-order chi connectivity index (χ0) is 23.4. The van der Waals surface area contributed by atoms with Crippen LogP contribution in [0.15, 0.2) is 66.7 Å². The molecule has 3 aromatic carbocycles. The van der Waals surface area contributed by atoms with Gasteiger partial charge in [-0.2, -0.15) is 0 Å². The first-order valence-corrected chi connectivity index (χ1v) is 11.2. The second kappa shape index (κ2) is 10.0. The average Bonchev–Trinajstić information content (AvgIpc) is 3.14. The van der Waals surface area contributed by atoms with Gasteiger partial charge in [0.1, 0.15) is 11.6 Å². The zero-order valence-electron chi connectivity index (χ0n) is 19.3. The van der Waals surface area contributed by atoms with Crippen LogP contribution in [0.3, 0.4) is 0 Å². The summed E-state index contributed by atoms with van der Waals surface area (Å²) < 4.78 is 18.5. The van der Waals surface area contributed by atoms with E-state index in [9.17, 15) is 9.18 Å². The lowest BCUT2D eigenvalue weighted by atomic mass is 10.0. The van der Waals surface area contributed by atoms with Crippen LogP contribution in [0.4, 0.5) is 9.18 Å². The minimum Gasteiger partial charge on any atom is -0.497 e. The molecule has 4 rings (SSSR count). The van der Waals surface area contributed by atoms with E-state index in [4.69, 9.17) is 4.74 Å². The molecule has 1 saturated heterocycles. The van der Waals surface area contributed by atoms with E-state index in [1.807, 2.05) is 29.2 Å². The van der Waals surface area contributed by atoms with Crippen molar-refractivity contribution in [3.63, 3.8) is 0 Å². The molecule has 5 nitrogen and oxygen atoms in total. The van der Waals surface area contributed by atoms with E-state index < -0.39 is 0 Å². The summed E-state index contributed by atoms with van der Waals surface area (Å²) in [4.78, 5) is 15.3. The molecule has 1 aliphatic rings. The molecule has 3 aromatic rings. The molecule has 1 aliphatic heterocycles. The van der Waals surface area contributed by atoms with Crippen molar-refractivity contribution in [1.29, 1.82) is 0 Å². The second-order valence-electron chi connectivity index (χ2n) is 8.51. The summed E-state index contributed by atoms with van der Waals surface area (Å²) >= 11 is 0. The maximum atomic E-state index is 13.3. The number of amides is 2. The molecule has 0 radical (unpaired) electrons. The smallest absolute Gasteiger partial charge is 0.335 e. The molecule has 0 bridgehead atoms. The van der Waals surface area contributed by atoms with Gasteiger partial charge in [0.05, 0.1) is 19.7 Å². The number of nitrogens with zero attached hydrogens (tertiary/aromatic N) is 2. The Labute approximate surface area is 194 Å². The van der Waals surface area contributed by atoms with Gasteiger partial charge in [-0.05, 0) is 72.4 Å². The zero-order valence-corrected chi connectivity index (χ0v) is 19.3. The highest BCUT2D eigenvalue weighted by molar-refractivity contribution is 5.77. The van der Waals surface area contributed by atoms with Gasteiger partial charge in [0.2, 0.25) is 0 Å². The Bertz CT molecular complexity index is 1100. The van der Waals surface area contributed by atoms with E-state index in [1.54, 1.807) is 24.3 Å². The van der Waals surface area contributed by atoms with Crippen molar-refractivity contribution in [2.45, 2.75) is 32.9 Å². The first-order valence-electron chi connectivity index (χ1n) is 11.2. The number of nitrogens with one attached hydrogen (secondary N) is 1. The van der Waals surface area contributed by atoms with Gasteiger partial charge < -0.3 is 9.64 Å². The fourth-order valence-electron chi connectivity index (χ4n) is 4.11. The van der Waals surface area contributed by atoms with E-state index >= 15 is 0 Å². The lowest BCUT2D eigenvalue weighted by Gasteiger charge is -2.24. The summed E-state index contributed by atoms with van der Waals surface area (Å²) in [7, 11) is 1.65. The van der Waals surface area contributed by atoms with Gasteiger partial charge >= 0.3 is 6.03 Å². The standard InChI is InChI=1S/C27H30FN3O2/c1-19-4-9-23(16-20(19)2)26-18-31(29-17-22-5-10-24(28)11-6-22)27(32)30(26)15-14-21-7-12-25(33-3)13-8-21/h4-13,16,26,29H,14-15,17-18H2,1-3H3. The summed E-state index contributed by atoms with van der Waals surface area (Å²) in [6.45, 7) is 5.80. The topological polar surface area (TPSA) is 44.8 Å². The number of hydrogen-bond acceptors (Lipinski definition) is 3. The lowest BCUT2D eigenvalue weighted by molar-refractivity contribution is 0.171. The van der Waals surface area contributed by atoms with Crippen LogP contribution in [-0.2, 0) is 13.0 Å². The normalized spacial score (nSPS) is 15.9. The number of ether oxygens (including phenoxy) is 1. The van der Waals surface area contributed by atoms with Crippen molar-refractivity contribution < 1.29 is 13.9 Å². The summed E-state index contributed by atoms with van der Waals surface area (Å²) in [6.07, 6.45) is 0.753. The third kappa shape index (κ3) is 5.34. The Kier molecular flexibility index (Phi) is 6.94. The van der Waals surface area contributed by atoms with Gasteiger partial charge in [0.15, 0.2) is 0 Å². The van der Waals surface area contributed by atoms with Crippen LogP contribution in [0.25, 0.3) is 0 Å². The summed E-state index contributed by atoms with van der Waals surface area (Å²) in [5, 5.41) is 1.68.